The van der Waals surface area contributed by atoms with Crippen LogP contribution in [0.5, 0.6) is 0 Å². The number of amides is 2. The number of benzene rings is 4. The van der Waals surface area contributed by atoms with Crippen molar-refractivity contribution >= 4 is 40.6 Å². The Morgan fingerprint density at radius 2 is 1.40 bits per heavy atom. The molecule has 0 atom stereocenters. The highest BCUT2D eigenvalue weighted by Gasteiger charge is 2.44. The molecule has 4 aromatic carbocycles. The molecule has 1 saturated carbocycles. The summed E-state index contributed by atoms with van der Waals surface area (Å²) >= 11 is 6.61. The molecule has 0 unspecified atom stereocenters. The minimum atomic E-state index is -4.83. The maximum absolute atomic E-state index is 15.2. The SMILES string of the molecule is C[N+](C)(C)CC(=O)NC1CC(NC(=O)c2ccc(Nc3nccn4c(-c5cn(C(c6ccccc6)(c6ccccc6)c6ccccc6)nc5C(F)(F)F)cnc34)cc2Cl)C1. The predicted molar refractivity (Wildman–Crippen MR) is 224 cm³/mol. The Labute approximate surface area is 349 Å². The molecule has 3 aromatic heterocycles. The minimum absolute atomic E-state index is 0.00237. The van der Waals surface area contributed by atoms with Gasteiger partial charge in [0.2, 0.25) is 0 Å². The van der Waals surface area contributed by atoms with E-state index in [2.05, 4.69) is 31.0 Å². The number of nitrogens with zero attached hydrogens (tertiary/aromatic N) is 6. The van der Waals surface area contributed by atoms with Crippen molar-refractivity contribution in [3.8, 4) is 11.3 Å². The summed E-state index contributed by atoms with van der Waals surface area (Å²) in [5, 5.41) is 13.7. The third-order valence-corrected chi connectivity index (χ3v) is 10.9. The standard InChI is InChI=1S/C45H41ClF3N9O2/c1-58(2,3)28-39(59)52-33-23-34(24-33)54-43(60)35-20-19-32(25-37(35)46)53-41-42-51-26-38(56(42)22-21-50-41)36-27-57(55-40(36)45(47,48)49)44(29-13-7-4-8-14-29,30-15-9-5-10-16-30)31-17-11-6-12-18-31/h4-22,25-27,33-34H,23-24,28H2,1-3H3,(H2-,50,52,53,54,59,60)/p+1. The Balaban J connectivity index is 1.09. The van der Waals surface area contributed by atoms with E-state index in [1.807, 2.05) is 112 Å². The molecule has 3 N–H and O–H groups in total. The number of anilines is 2. The normalized spacial score (nSPS) is 15.7. The van der Waals surface area contributed by atoms with Gasteiger partial charge in [0.05, 0.1) is 49.2 Å². The van der Waals surface area contributed by atoms with Crippen LogP contribution in [0.25, 0.3) is 16.9 Å². The van der Waals surface area contributed by atoms with Crippen molar-refractivity contribution in [1.29, 1.82) is 0 Å². The van der Waals surface area contributed by atoms with Gasteiger partial charge >= 0.3 is 6.18 Å². The summed E-state index contributed by atoms with van der Waals surface area (Å²) in [4.78, 5) is 34.4. The monoisotopic (exact) mass is 832 g/mol. The number of alkyl halides is 3. The third-order valence-electron chi connectivity index (χ3n) is 10.5. The van der Waals surface area contributed by atoms with Crippen LogP contribution >= 0.6 is 11.6 Å². The van der Waals surface area contributed by atoms with Crippen LogP contribution in [0.2, 0.25) is 5.02 Å². The molecule has 60 heavy (non-hydrogen) atoms. The van der Waals surface area contributed by atoms with Gasteiger partial charge in [-0.15, -0.1) is 0 Å². The van der Waals surface area contributed by atoms with Crippen LogP contribution in [0.3, 0.4) is 0 Å². The molecule has 0 radical (unpaired) electrons. The molecule has 0 aliphatic heterocycles. The second-order valence-electron chi connectivity index (χ2n) is 15.9. The summed E-state index contributed by atoms with van der Waals surface area (Å²) in [6.45, 7) is 0.361. The second-order valence-corrected chi connectivity index (χ2v) is 16.3. The van der Waals surface area contributed by atoms with E-state index in [1.165, 1.54) is 27.7 Å². The van der Waals surface area contributed by atoms with Crippen molar-refractivity contribution in [3.05, 3.63) is 167 Å². The summed E-state index contributed by atoms with van der Waals surface area (Å²) in [5.74, 6) is -0.129. The van der Waals surface area contributed by atoms with E-state index in [0.29, 0.717) is 29.6 Å². The molecule has 8 rings (SSSR count). The molecular formula is C45H42ClF3N9O2+. The lowest BCUT2D eigenvalue weighted by Gasteiger charge is -2.36. The number of imidazole rings is 1. The number of hydrogen-bond donors (Lipinski definition) is 3. The Morgan fingerprint density at radius 3 is 1.95 bits per heavy atom. The zero-order valence-corrected chi connectivity index (χ0v) is 33.7. The van der Waals surface area contributed by atoms with Crippen molar-refractivity contribution in [2.75, 3.05) is 33.0 Å². The van der Waals surface area contributed by atoms with E-state index in [0.717, 1.165) is 16.7 Å². The molecule has 11 nitrogen and oxygen atoms in total. The maximum atomic E-state index is 15.2. The molecule has 0 spiro atoms. The van der Waals surface area contributed by atoms with Crippen molar-refractivity contribution in [2.24, 2.45) is 0 Å². The van der Waals surface area contributed by atoms with Crippen molar-refractivity contribution < 1.29 is 27.2 Å². The lowest BCUT2D eigenvalue weighted by Crippen LogP contribution is -2.56. The highest BCUT2D eigenvalue weighted by Crippen LogP contribution is 2.44. The van der Waals surface area contributed by atoms with Gasteiger partial charge in [0, 0.05) is 36.4 Å². The van der Waals surface area contributed by atoms with Gasteiger partial charge in [0.15, 0.2) is 23.7 Å². The first-order valence-electron chi connectivity index (χ1n) is 19.3. The van der Waals surface area contributed by atoms with Crippen LogP contribution < -0.4 is 16.0 Å². The number of aromatic nitrogens is 5. The molecule has 1 aliphatic carbocycles. The topological polar surface area (TPSA) is 118 Å². The molecule has 7 aromatic rings. The fourth-order valence-corrected chi connectivity index (χ4v) is 8.09. The molecule has 2 amide bonds. The zero-order valence-electron chi connectivity index (χ0n) is 33.0. The number of carbonyl (C=O) groups excluding carboxylic acids is 2. The molecule has 1 fully saturated rings. The average molecular weight is 833 g/mol. The van der Waals surface area contributed by atoms with E-state index in [9.17, 15) is 9.59 Å². The van der Waals surface area contributed by atoms with Gasteiger partial charge in [0.25, 0.3) is 11.8 Å². The molecule has 3 heterocycles. The van der Waals surface area contributed by atoms with Gasteiger partial charge in [-0.25, -0.2) is 9.97 Å². The Hall–Kier alpha value is -6.51. The number of hydrogen-bond acceptors (Lipinski definition) is 6. The number of rotatable bonds is 12. The summed E-state index contributed by atoms with van der Waals surface area (Å²) in [7, 11) is 5.84. The van der Waals surface area contributed by atoms with Crippen LogP contribution in [-0.2, 0) is 16.5 Å². The summed E-state index contributed by atoms with van der Waals surface area (Å²) in [5.41, 5.74) is 0.747. The van der Waals surface area contributed by atoms with Crippen LogP contribution in [0.15, 0.2) is 134 Å². The molecule has 306 valence electrons. The van der Waals surface area contributed by atoms with Crippen molar-refractivity contribution in [2.45, 2.75) is 36.6 Å². The maximum Gasteiger partial charge on any atom is 0.435 e. The van der Waals surface area contributed by atoms with Crippen molar-refractivity contribution in [3.63, 3.8) is 0 Å². The first-order chi connectivity index (χ1) is 28.7. The van der Waals surface area contributed by atoms with Gasteiger partial charge in [-0.2, -0.15) is 18.3 Å². The fraction of sp³-hybridized carbons (Fsp3) is 0.222. The molecule has 0 bridgehead atoms. The smallest absolute Gasteiger partial charge is 0.349 e. The van der Waals surface area contributed by atoms with Crippen LogP contribution in [0, 0.1) is 0 Å². The lowest BCUT2D eigenvalue weighted by molar-refractivity contribution is -0.862. The average Bonchev–Trinajstić information content (AvgIpc) is 3.84. The van der Waals surface area contributed by atoms with E-state index in [4.69, 9.17) is 11.6 Å². The van der Waals surface area contributed by atoms with E-state index in [1.54, 1.807) is 24.4 Å². The quantitative estimate of drug-likeness (QED) is 0.0851. The summed E-state index contributed by atoms with van der Waals surface area (Å²) in [6, 6.07) is 32.8. The number of fused-ring (bicyclic) bond motifs is 1. The predicted octanol–water partition coefficient (Wildman–Crippen LogP) is 7.93. The zero-order chi connectivity index (χ0) is 42.2. The number of quaternary nitrogens is 1. The Morgan fingerprint density at radius 1 is 0.817 bits per heavy atom. The number of nitrogens with one attached hydrogen (secondary N) is 3. The number of carbonyl (C=O) groups is 2. The van der Waals surface area contributed by atoms with Crippen LogP contribution in [-0.4, -0.2) is 80.2 Å². The van der Waals surface area contributed by atoms with Crippen molar-refractivity contribution in [1.82, 2.24) is 34.8 Å². The van der Waals surface area contributed by atoms with Crippen LogP contribution in [0.1, 0.15) is 45.6 Å². The third kappa shape index (κ3) is 7.95. The first-order valence-corrected chi connectivity index (χ1v) is 19.7. The number of likely N-dealkylation sites (N-methyl/N-ethyl adjacent to an activating group) is 1. The van der Waals surface area contributed by atoms with Crippen LogP contribution in [0.4, 0.5) is 24.7 Å². The molecule has 15 heteroatoms. The van der Waals surface area contributed by atoms with E-state index >= 15 is 13.2 Å². The highest BCUT2D eigenvalue weighted by molar-refractivity contribution is 6.34. The van der Waals surface area contributed by atoms with Gasteiger partial charge in [-0.1, -0.05) is 103 Å². The Kier molecular flexibility index (Phi) is 10.7. The lowest BCUT2D eigenvalue weighted by atomic mass is 9.77. The number of halogens is 4. The summed E-state index contributed by atoms with van der Waals surface area (Å²) in [6.07, 6.45) is 2.21. The Bertz CT molecular complexity index is 2560. The van der Waals surface area contributed by atoms with Gasteiger partial charge in [-0.3, -0.25) is 18.7 Å². The minimum Gasteiger partial charge on any atom is -0.349 e. The van der Waals surface area contributed by atoms with E-state index in [-0.39, 0.29) is 57.2 Å². The van der Waals surface area contributed by atoms with Gasteiger partial charge in [0.1, 0.15) is 5.54 Å². The molecule has 1 aliphatic rings. The first kappa shape index (κ1) is 40.3. The highest BCUT2D eigenvalue weighted by atomic mass is 35.5. The largest absolute Gasteiger partial charge is 0.435 e. The molecular weight excluding hydrogens is 791 g/mol. The second kappa shape index (κ2) is 15.9. The van der Waals surface area contributed by atoms with Gasteiger partial charge in [-0.05, 0) is 47.7 Å². The fourth-order valence-electron chi connectivity index (χ4n) is 7.82. The molecule has 0 saturated heterocycles. The van der Waals surface area contributed by atoms with Gasteiger partial charge < -0.3 is 20.4 Å². The van der Waals surface area contributed by atoms with E-state index < -0.39 is 17.4 Å². The summed E-state index contributed by atoms with van der Waals surface area (Å²) < 4.78 is 48.9.